The molecule has 3 rings (SSSR count). The highest BCUT2D eigenvalue weighted by molar-refractivity contribution is 7.15. The molecule has 5 nitrogen and oxygen atoms in total. The number of halogens is 1. The summed E-state index contributed by atoms with van der Waals surface area (Å²) >= 11 is 7.28. The van der Waals surface area contributed by atoms with Crippen molar-refractivity contribution in [3.63, 3.8) is 0 Å². The van der Waals surface area contributed by atoms with Gasteiger partial charge in [0.05, 0.1) is 24.5 Å². The molecule has 0 aliphatic carbocycles. The third kappa shape index (κ3) is 3.24. The van der Waals surface area contributed by atoms with E-state index < -0.39 is 0 Å². The second-order valence-electron chi connectivity index (χ2n) is 4.42. The zero-order valence-electron chi connectivity index (χ0n) is 11.0. The molecule has 2 aromatic heterocycles. The number of nitrogens with zero attached hydrogens (tertiary/aromatic N) is 2. The number of hydrogen-bond donors (Lipinski definition) is 3. The smallest absolute Gasteiger partial charge is 0.183 e. The summed E-state index contributed by atoms with van der Waals surface area (Å²) in [6.07, 6.45) is 1.76. The summed E-state index contributed by atoms with van der Waals surface area (Å²) < 4.78 is 0.542. The van der Waals surface area contributed by atoms with Crippen LogP contribution >= 0.6 is 22.9 Å². The summed E-state index contributed by atoms with van der Waals surface area (Å²) in [7, 11) is 0. The van der Waals surface area contributed by atoms with Crippen LogP contribution in [0.1, 0.15) is 10.6 Å². The molecule has 108 valence electrons. The highest BCUT2D eigenvalue weighted by Crippen LogP contribution is 2.28. The van der Waals surface area contributed by atoms with Crippen LogP contribution in [-0.2, 0) is 13.2 Å². The fourth-order valence-electron chi connectivity index (χ4n) is 1.99. The van der Waals surface area contributed by atoms with E-state index in [2.05, 4.69) is 20.5 Å². The first-order chi connectivity index (χ1) is 10.3. The summed E-state index contributed by atoms with van der Waals surface area (Å²) in [6, 6.07) is 9.73. The second-order valence-corrected chi connectivity index (χ2v) is 6.11. The van der Waals surface area contributed by atoms with Crippen molar-refractivity contribution in [3.8, 4) is 11.3 Å². The van der Waals surface area contributed by atoms with Crippen molar-refractivity contribution < 1.29 is 5.11 Å². The number of anilines is 1. The van der Waals surface area contributed by atoms with Crippen molar-refractivity contribution in [2.75, 3.05) is 5.32 Å². The second kappa shape index (κ2) is 6.26. The first kappa shape index (κ1) is 14.1. The Balaban J connectivity index is 1.82. The van der Waals surface area contributed by atoms with Gasteiger partial charge in [0.1, 0.15) is 0 Å². The van der Waals surface area contributed by atoms with Crippen LogP contribution in [-0.4, -0.2) is 20.3 Å². The van der Waals surface area contributed by atoms with E-state index >= 15 is 0 Å². The largest absolute Gasteiger partial charge is 0.390 e. The standard InChI is InChI=1S/C14H13ClN4OS/c15-14-17-7-10(21-14)6-16-12-4-2-1-3-11(12)13-5-9(8-20)18-19-13/h1-5,7,16,20H,6,8H2,(H,18,19). The summed E-state index contributed by atoms with van der Waals surface area (Å²) in [4.78, 5) is 5.09. The van der Waals surface area contributed by atoms with E-state index in [9.17, 15) is 0 Å². The summed E-state index contributed by atoms with van der Waals surface area (Å²) in [6.45, 7) is 0.598. The average Bonchev–Trinajstić information content (AvgIpc) is 3.14. The molecule has 21 heavy (non-hydrogen) atoms. The number of nitrogens with one attached hydrogen (secondary N) is 2. The molecule has 0 radical (unpaired) electrons. The molecule has 0 fully saturated rings. The lowest BCUT2D eigenvalue weighted by atomic mass is 10.1. The minimum Gasteiger partial charge on any atom is -0.390 e. The third-order valence-corrected chi connectivity index (χ3v) is 4.10. The average molecular weight is 321 g/mol. The van der Waals surface area contributed by atoms with Gasteiger partial charge in [-0.1, -0.05) is 29.8 Å². The molecule has 0 saturated carbocycles. The predicted octanol–water partition coefficient (Wildman–Crippen LogP) is 3.29. The van der Waals surface area contributed by atoms with Crippen LogP contribution in [0.3, 0.4) is 0 Å². The Bertz CT molecular complexity index is 740. The van der Waals surface area contributed by atoms with E-state index in [0.717, 1.165) is 21.8 Å². The number of aliphatic hydroxyl groups excluding tert-OH is 1. The first-order valence-electron chi connectivity index (χ1n) is 6.35. The molecule has 2 heterocycles. The highest BCUT2D eigenvalue weighted by atomic mass is 35.5. The molecule has 3 N–H and O–H groups in total. The van der Waals surface area contributed by atoms with Crippen molar-refractivity contribution in [2.24, 2.45) is 0 Å². The van der Waals surface area contributed by atoms with Gasteiger partial charge in [0.25, 0.3) is 0 Å². The zero-order valence-corrected chi connectivity index (χ0v) is 12.6. The molecule has 7 heteroatoms. The summed E-state index contributed by atoms with van der Waals surface area (Å²) in [5.41, 5.74) is 3.43. The topological polar surface area (TPSA) is 73.8 Å². The summed E-state index contributed by atoms with van der Waals surface area (Å²) in [5.74, 6) is 0. The number of rotatable bonds is 5. The van der Waals surface area contributed by atoms with Crippen LogP contribution in [0.25, 0.3) is 11.3 Å². The van der Waals surface area contributed by atoms with E-state index in [0.29, 0.717) is 16.7 Å². The number of benzene rings is 1. The number of para-hydroxylation sites is 1. The van der Waals surface area contributed by atoms with Gasteiger partial charge >= 0.3 is 0 Å². The number of hydrogen-bond acceptors (Lipinski definition) is 5. The number of aromatic nitrogens is 3. The molecule has 3 aromatic rings. The Labute approximate surface area is 130 Å². The normalized spacial score (nSPS) is 10.8. The van der Waals surface area contributed by atoms with Crippen LogP contribution in [0.5, 0.6) is 0 Å². The Hall–Kier alpha value is -1.89. The lowest BCUT2D eigenvalue weighted by molar-refractivity contribution is 0.276. The maximum absolute atomic E-state index is 9.12. The molecule has 0 aliphatic heterocycles. The maximum Gasteiger partial charge on any atom is 0.183 e. The van der Waals surface area contributed by atoms with Gasteiger partial charge in [-0.15, -0.1) is 11.3 Å². The SMILES string of the molecule is OCc1cc(-c2ccccc2NCc2cnc(Cl)s2)n[nH]1. The molecule has 0 aliphatic rings. The van der Waals surface area contributed by atoms with Crippen molar-refractivity contribution in [1.29, 1.82) is 0 Å². The lowest BCUT2D eigenvalue weighted by Crippen LogP contribution is -1.99. The summed E-state index contributed by atoms with van der Waals surface area (Å²) in [5, 5.41) is 19.5. The van der Waals surface area contributed by atoms with Crippen LogP contribution in [0.2, 0.25) is 4.47 Å². The Morgan fingerprint density at radius 3 is 2.90 bits per heavy atom. The van der Waals surface area contributed by atoms with Crippen molar-refractivity contribution in [3.05, 3.63) is 51.6 Å². The van der Waals surface area contributed by atoms with Gasteiger partial charge in [0.15, 0.2) is 4.47 Å². The first-order valence-corrected chi connectivity index (χ1v) is 7.54. The molecule has 0 unspecified atom stereocenters. The van der Waals surface area contributed by atoms with Crippen LogP contribution in [0.15, 0.2) is 36.5 Å². The molecular formula is C14H13ClN4OS. The minimum atomic E-state index is -0.0536. The van der Waals surface area contributed by atoms with E-state index in [-0.39, 0.29) is 6.61 Å². The molecule has 0 bridgehead atoms. The number of H-pyrrole nitrogens is 1. The van der Waals surface area contributed by atoms with Crippen LogP contribution < -0.4 is 5.32 Å². The zero-order chi connectivity index (χ0) is 14.7. The Morgan fingerprint density at radius 1 is 1.33 bits per heavy atom. The van der Waals surface area contributed by atoms with Crippen molar-refractivity contribution in [2.45, 2.75) is 13.2 Å². The molecule has 1 aromatic carbocycles. The van der Waals surface area contributed by atoms with Gasteiger partial charge in [-0.05, 0) is 12.1 Å². The Kier molecular flexibility index (Phi) is 4.19. The maximum atomic E-state index is 9.12. The third-order valence-electron chi connectivity index (χ3n) is 2.98. The monoisotopic (exact) mass is 320 g/mol. The molecular weight excluding hydrogens is 308 g/mol. The predicted molar refractivity (Wildman–Crippen MR) is 84.4 cm³/mol. The molecule has 0 atom stereocenters. The minimum absolute atomic E-state index is 0.0536. The number of thiazole rings is 1. The molecule has 0 spiro atoms. The Morgan fingerprint density at radius 2 is 2.19 bits per heavy atom. The van der Waals surface area contributed by atoms with Crippen LogP contribution in [0, 0.1) is 0 Å². The van der Waals surface area contributed by atoms with Gasteiger partial charge < -0.3 is 10.4 Å². The van der Waals surface area contributed by atoms with Gasteiger partial charge in [-0.25, -0.2) is 4.98 Å². The molecule has 0 amide bonds. The van der Waals surface area contributed by atoms with Gasteiger partial charge in [0.2, 0.25) is 0 Å². The lowest BCUT2D eigenvalue weighted by Gasteiger charge is -2.09. The van der Waals surface area contributed by atoms with E-state index in [1.54, 1.807) is 6.20 Å². The van der Waals surface area contributed by atoms with E-state index in [4.69, 9.17) is 16.7 Å². The van der Waals surface area contributed by atoms with Gasteiger partial charge in [-0.3, -0.25) is 5.10 Å². The van der Waals surface area contributed by atoms with Crippen molar-refractivity contribution >= 4 is 28.6 Å². The number of aliphatic hydroxyl groups is 1. The van der Waals surface area contributed by atoms with Crippen LogP contribution in [0.4, 0.5) is 5.69 Å². The number of aromatic amines is 1. The van der Waals surface area contributed by atoms with Gasteiger partial charge in [0, 0.05) is 22.3 Å². The fraction of sp³-hybridized carbons (Fsp3) is 0.143. The fourth-order valence-corrected chi connectivity index (χ4v) is 2.91. The highest BCUT2D eigenvalue weighted by Gasteiger charge is 2.09. The quantitative estimate of drug-likeness (QED) is 0.674. The van der Waals surface area contributed by atoms with E-state index in [1.807, 2.05) is 30.3 Å². The van der Waals surface area contributed by atoms with Crippen molar-refractivity contribution in [1.82, 2.24) is 15.2 Å². The van der Waals surface area contributed by atoms with E-state index in [1.165, 1.54) is 11.3 Å². The molecule has 0 saturated heterocycles. The van der Waals surface area contributed by atoms with Gasteiger partial charge in [-0.2, -0.15) is 5.10 Å².